The molecule has 4 rings (SSSR count). The molecule has 0 saturated carbocycles. The van der Waals surface area contributed by atoms with Crippen LogP contribution in [-0.4, -0.2) is 18.4 Å². The number of nitrogens with zero attached hydrogens (tertiary/aromatic N) is 2. The lowest BCUT2D eigenvalue weighted by molar-refractivity contribution is -0.114. The summed E-state index contributed by atoms with van der Waals surface area (Å²) in [4.78, 5) is 26.2. The summed E-state index contributed by atoms with van der Waals surface area (Å²) in [7, 11) is 0. The van der Waals surface area contributed by atoms with Crippen LogP contribution in [0.2, 0.25) is 0 Å². The zero-order chi connectivity index (χ0) is 24.2. The summed E-state index contributed by atoms with van der Waals surface area (Å²) in [6.07, 6.45) is 1.49. The van der Waals surface area contributed by atoms with Gasteiger partial charge in [-0.05, 0) is 58.7 Å². The molecule has 0 atom stereocenters. The molecule has 0 aliphatic heterocycles. The van der Waals surface area contributed by atoms with E-state index in [0.29, 0.717) is 15.3 Å². The van der Waals surface area contributed by atoms with Crippen LogP contribution in [0.25, 0.3) is 27.6 Å². The van der Waals surface area contributed by atoms with Gasteiger partial charge in [0.15, 0.2) is 5.78 Å². The third-order valence-electron chi connectivity index (χ3n) is 5.64. The SMILES string of the molecule is CCOC(=O)c1sc(CC(=O)/C(C#N)=C/c2c3ccccc3cc3ccccc23)c(C#N)c1C. The Morgan fingerprint density at radius 2 is 1.65 bits per heavy atom. The molecule has 34 heavy (non-hydrogen) atoms. The van der Waals surface area contributed by atoms with Gasteiger partial charge in [-0.25, -0.2) is 4.79 Å². The first kappa shape index (κ1) is 22.9. The Morgan fingerprint density at radius 3 is 2.21 bits per heavy atom. The lowest BCUT2D eigenvalue weighted by Gasteiger charge is -2.09. The molecule has 0 fully saturated rings. The van der Waals surface area contributed by atoms with Crippen LogP contribution in [0, 0.1) is 29.6 Å². The van der Waals surface area contributed by atoms with Crippen LogP contribution in [0.5, 0.6) is 0 Å². The molecule has 3 aromatic carbocycles. The zero-order valence-electron chi connectivity index (χ0n) is 18.7. The summed E-state index contributed by atoms with van der Waals surface area (Å²) in [6, 6.07) is 21.9. The second kappa shape index (κ2) is 9.70. The van der Waals surface area contributed by atoms with Gasteiger partial charge in [0.05, 0.1) is 17.7 Å². The zero-order valence-corrected chi connectivity index (χ0v) is 19.5. The van der Waals surface area contributed by atoms with Crippen molar-refractivity contribution in [2.75, 3.05) is 6.61 Å². The standard InChI is InChI=1S/C28H20N2O3S/c1-3-33-28(32)27-17(2)24(16-30)26(34-27)14-25(31)20(15-29)13-23-21-10-6-4-8-18(21)12-19-9-5-7-11-22(19)23/h4-13H,3,14H2,1-2H3/b20-13+. The molecule has 6 heteroatoms. The lowest BCUT2D eigenvalue weighted by Crippen LogP contribution is -2.05. The highest BCUT2D eigenvalue weighted by Gasteiger charge is 2.23. The van der Waals surface area contributed by atoms with Crippen molar-refractivity contribution < 1.29 is 14.3 Å². The quantitative estimate of drug-likeness (QED) is 0.148. The number of ketones is 1. The largest absolute Gasteiger partial charge is 0.462 e. The Balaban J connectivity index is 1.78. The Bertz CT molecular complexity index is 1510. The maximum atomic E-state index is 13.2. The second-order valence-electron chi connectivity index (χ2n) is 7.69. The van der Waals surface area contributed by atoms with Crippen LogP contribution < -0.4 is 0 Å². The number of Topliss-reactive ketones (excluding diaryl/α,β-unsaturated/α-hetero) is 1. The number of thiophene rings is 1. The number of hydrogen-bond donors (Lipinski definition) is 0. The first-order valence-corrected chi connectivity index (χ1v) is 11.5. The summed E-state index contributed by atoms with van der Waals surface area (Å²) in [5.74, 6) is -0.925. The number of rotatable bonds is 6. The average molecular weight is 465 g/mol. The van der Waals surface area contributed by atoms with Crippen LogP contribution >= 0.6 is 11.3 Å². The third kappa shape index (κ3) is 4.20. The van der Waals surface area contributed by atoms with E-state index in [2.05, 4.69) is 12.1 Å². The van der Waals surface area contributed by atoms with Crippen molar-refractivity contribution in [2.24, 2.45) is 0 Å². The lowest BCUT2D eigenvalue weighted by atomic mass is 9.94. The summed E-state index contributed by atoms with van der Waals surface area (Å²) in [5, 5.41) is 23.4. The number of benzene rings is 3. The highest BCUT2D eigenvalue weighted by atomic mass is 32.1. The molecule has 0 amide bonds. The molecule has 1 heterocycles. The highest BCUT2D eigenvalue weighted by molar-refractivity contribution is 7.14. The molecular formula is C28H20N2O3S. The number of esters is 1. The second-order valence-corrected chi connectivity index (χ2v) is 8.79. The molecule has 5 nitrogen and oxygen atoms in total. The number of allylic oxidation sites excluding steroid dienone is 1. The van der Waals surface area contributed by atoms with Gasteiger partial charge in [0.25, 0.3) is 0 Å². The van der Waals surface area contributed by atoms with Crippen LogP contribution in [-0.2, 0) is 16.0 Å². The van der Waals surface area contributed by atoms with Crippen LogP contribution in [0.1, 0.15) is 38.2 Å². The smallest absolute Gasteiger partial charge is 0.348 e. The molecule has 0 bridgehead atoms. The Hall–Kier alpha value is -4.26. The molecule has 166 valence electrons. The van der Waals surface area contributed by atoms with Gasteiger partial charge in [-0.2, -0.15) is 10.5 Å². The predicted molar refractivity (Wildman–Crippen MR) is 133 cm³/mol. The van der Waals surface area contributed by atoms with Crippen molar-refractivity contribution >= 4 is 50.7 Å². The fraction of sp³-hybridized carbons (Fsp3) is 0.143. The van der Waals surface area contributed by atoms with Gasteiger partial charge in [-0.3, -0.25) is 4.79 Å². The minimum atomic E-state index is -0.515. The molecule has 0 unspecified atom stereocenters. The topological polar surface area (TPSA) is 90.9 Å². The Morgan fingerprint density at radius 1 is 1.03 bits per heavy atom. The van der Waals surface area contributed by atoms with Crippen molar-refractivity contribution in [1.82, 2.24) is 0 Å². The van der Waals surface area contributed by atoms with Gasteiger partial charge in [0, 0.05) is 11.3 Å². The first-order chi connectivity index (χ1) is 16.5. The number of carbonyl (C=O) groups is 2. The van der Waals surface area contributed by atoms with E-state index in [0.717, 1.165) is 38.4 Å². The molecule has 0 radical (unpaired) electrons. The average Bonchev–Trinajstić information content (AvgIpc) is 3.16. The maximum Gasteiger partial charge on any atom is 0.348 e. The van der Waals surface area contributed by atoms with Crippen LogP contribution in [0.15, 0.2) is 60.2 Å². The van der Waals surface area contributed by atoms with E-state index in [1.807, 2.05) is 54.6 Å². The van der Waals surface area contributed by atoms with Crippen molar-refractivity contribution in [3.8, 4) is 12.1 Å². The molecule has 0 spiro atoms. The van der Waals surface area contributed by atoms with Gasteiger partial charge >= 0.3 is 5.97 Å². The van der Waals surface area contributed by atoms with E-state index in [4.69, 9.17) is 4.74 Å². The van der Waals surface area contributed by atoms with E-state index in [1.54, 1.807) is 19.9 Å². The van der Waals surface area contributed by atoms with Crippen molar-refractivity contribution in [2.45, 2.75) is 20.3 Å². The third-order valence-corrected chi connectivity index (χ3v) is 6.91. The molecular weight excluding hydrogens is 444 g/mol. The Kier molecular flexibility index (Phi) is 6.54. The van der Waals surface area contributed by atoms with E-state index in [9.17, 15) is 20.1 Å². The molecule has 1 aromatic heterocycles. The number of carbonyl (C=O) groups excluding carboxylic acids is 2. The maximum absolute atomic E-state index is 13.2. The predicted octanol–water partition coefficient (Wildman–Crippen LogP) is 6.13. The highest BCUT2D eigenvalue weighted by Crippen LogP contribution is 2.32. The number of fused-ring (bicyclic) bond motifs is 2. The number of ether oxygens (including phenoxy) is 1. The van der Waals surface area contributed by atoms with Gasteiger partial charge in [0.2, 0.25) is 0 Å². The first-order valence-electron chi connectivity index (χ1n) is 10.7. The molecule has 0 N–H and O–H groups in total. The summed E-state index contributed by atoms with van der Waals surface area (Å²) in [5.41, 5.74) is 1.58. The van der Waals surface area contributed by atoms with E-state index in [1.165, 1.54) is 0 Å². The number of hydrogen-bond acceptors (Lipinski definition) is 6. The normalized spacial score (nSPS) is 11.2. The monoisotopic (exact) mass is 464 g/mol. The van der Waals surface area contributed by atoms with Crippen LogP contribution in [0.4, 0.5) is 0 Å². The van der Waals surface area contributed by atoms with E-state index < -0.39 is 11.8 Å². The van der Waals surface area contributed by atoms with Crippen molar-refractivity contribution in [1.29, 1.82) is 10.5 Å². The van der Waals surface area contributed by atoms with Gasteiger partial charge in [-0.15, -0.1) is 11.3 Å². The van der Waals surface area contributed by atoms with Crippen molar-refractivity contribution in [3.05, 3.63) is 86.6 Å². The van der Waals surface area contributed by atoms with Gasteiger partial charge in [-0.1, -0.05) is 48.5 Å². The van der Waals surface area contributed by atoms with E-state index in [-0.39, 0.29) is 24.2 Å². The van der Waals surface area contributed by atoms with Gasteiger partial charge in [0.1, 0.15) is 17.0 Å². The van der Waals surface area contributed by atoms with Gasteiger partial charge < -0.3 is 4.74 Å². The molecule has 0 aliphatic carbocycles. The summed E-state index contributed by atoms with van der Waals surface area (Å²) in [6.45, 7) is 3.59. The minimum absolute atomic E-state index is 0.00543. The number of nitriles is 2. The molecule has 4 aromatic rings. The summed E-state index contributed by atoms with van der Waals surface area (Å²) < 4.78 is 5.07. The Labute approximate surface area is 201 Å². The molecule has 0 saturated heterocycles. The summed E-state index contributed by atoms with van der Waals surface area (Å²) >= 11 is 1.07. The minimum Gasteiger partial charge on any atom is -0.462 e. The van der Waals surface area contributed by atoms with Crippen LogP contribution in [0.3, 0.4) is 0 Å². The van der Waals surface area contributed by atoms with E-state index >= 15 is 0 Å². The van der Waals surface area contributed by atoms with Crippen molar-refractivity contribution in [3.63, 3.8) is 0 Å². The molecule has 0 aliphatic rings. The fourth-order valence-corrected chi connectivity index (χ4v) is 5.15. The fourth-order valence-electron chi connectivity index (χ4n) is 4.00.